The van der Waals surface area contributed by atoms with Gasteiger partial charge in [0.2, 0.25) is 0 Å². The van der Waals surface area contributed by atoms with Crippen LogP contribution < -0.4 is 10.1 Å². The highest BCUT2D eigenvalue weighted by molar-refractivity contribution is 9.10. The van der Waals surface area contributed by atoms with Crippen LogP contribution in [0, 0.1) is 0 Å². The third-order valence-corrected chi connectivity index (χ3v) is 3.85. The molecule has 0 radical (unpaired) electrons. The minimum atomic E-state index is 0.293. The molecule has 1 aromatic rings. The molecule has 20 heavy (non-hydrogen) atoms. The zero-order chi connectivity index (χ0) is 14.6. The SMILES string of the molecule is CCCNCc1cc(OCCCCCCO)ccc1Br. The Morgan fingerprint density at radius 2 is 2.00 bits per heavy atom. The van der Waals surface area contributed by atoms with Crippen molar-refractivity contribution in [3.8, 4) is 5.75 Å². The molecule has 0 unspecified atom stereocenters. The quantitative estimate of drug-likeness (QED) is 0.599. The lowest BCUT2D eigenvalue weighted by Gasteiger charge is -2.10. The van der Waals surface area contributed by atoms with Gasteiger partial charge in [0.05, 0.1) is 6.61 Å². The van der Waals surface area contributed by atoms with E-state index >= 15 is 0 Å². The first-order valence-electron chi connectivity index (χ1n) is 7.50. The summed E-state index contributed by atoms with van der Waals surface area (Å²) in [5.41, 5.74) is 1.23. The molecule has 0 amide bonds. The summed E-state index contributed by atoms with van der Waals surface area (Å²) in [5, 5.41) is 12.1. The Kier molecular flexibility index (Phi) is 9.71. The van der Waals surface area contributed by atoms with E-state index in [9.17, 15) is 0 Å². The fourth-order valence-corrected chi connectivity index (χ4v) is 2.32. The van der Waals surface area contributed by atoms with Crippen LogP contribution >= 0.6 is 15.9 Å². The molecule has 0 aliphatic heterocycles. The van der Waals surface area contributed by atoms with Crippen molar-refractivity contribution in [2.24, 2.45) is 0 Å². The lowest BCUT2D eigenvalue weighted by Crippen LogP contribution is -2.14. The zero-order valence-electron chi connectivity index (χ0n) is 12.3. The van der Waals surface area contributed by atoms with E-state index in [-0.39, 0.29) is 0 Å². The second kappa shape index (κ2) is 11.1. The molecule has 0 aromatic heterocycles. The van der Waals surface area contributed by atoms with Crippen LogP contribution in [0.1, 0.15) is 44.6 Å². The average Bonchev–Trinajstić information content (AvgIpc) is 2.46. The summed E-state index contributed by atoms with van der Waals surface area (Å²) < 4.78 is 6.90. The van der Waals surface area contributed by atoms with Gasteiger partial charge in [-0.15, -0.1) is 0 Å². The van der Waals surface area contributed by atoms with Gasteiger partial charge in [0.25, 0.3) is 0 Å². The minimum absolute atomic E-state index is 0.293. The number of rotatable bonds is 11. The largest absolute Gasteiger partial charge is 0.494 e. The summed E-state index contributed by atoms with van der Waals surface area (Å²) in [6.45, 7) is 5.10. The Bertz CT molecular complexity index is 371. The van der Waals surface area contributed by atoms with Gasteiger partial charge in [0, 0.05) is 17.6 Å². The molecule has 3 nitrogen and oxygen atoms in total. The van der Waals surface area contributed by atoms with Crippen molar-refractivity contribution in [1.82, 2.24) is 5.32 Å². The number of benzene rings is 1. The number of ether oxygens (including phenoxy) is 1. The fourth-order valence-electron chi connectivity index (χ4n) is 1.93. The third kappa shape index (κ3) is 7.27. The number of unbranched alkanes of at least 4 members (excludes halogenated alkanes) is 3. The number of aliphatic hydroxyl groups is 1. The van der Waals surface area contributed by atoms with Gasteiger partial charge in [-0.25, -0.2) is 0 Å². The average molecular weight is 344 g/mol. The fraction of sp³-hybridized carbons (Fsp3) is 0.625. The van der Waals surface area contributed by atoms with Gasteiger partial charge >= 0.3 is 0 Å². The lowest BCUT2D eigenvalue weighted by molar-refractivity contribution is 0.273. The van der Waals surface area contributed by atoms with Crippen LogP contribution in [0.2, 0.25) is 0 Å². The number of nitrogens with one attached hydrogen (secondary N) is 1. The summed E-state index contributed by atoms with van der Waals surface area (Å²) in [5.74, 6) is 0.934. The van der Waals surface area contributed by atoms with Crippen molar-refractivity contribution in [2.75, 3.05) is 19.8 Å². The highest BCUT2D eigenvalue weighted by Gasteiger charge is 2.02. The standard InChI is InChI=1S/C16H26BrNO2/c1-2-9-18-13-14-12-15(7-8-16(14)17)20-11-6-4-3-5-10-19/h7-8,12,18-19H,2-6,9-11,13H2,1H3. The number of hydrogen-bond acceptors (Lipinski definition) is 3. The summed E-state index contributed by atoms with van der Waals surface area (Å²) in [6.07, 6.45) is 5.26. The third-order valence-electron chi connectivity index (χ3n) is 3.08. The van der Waals surface area contributed by atoms with E-state index in [4.69, 9.17) is 9.84 Å². The Balaban J connectivity index is 2.32. The van der Waals surface area contributed by atoms with E-state index in [1.54, 1.807) is 0 Å². The van der Waals surface area contributed by atoms with Gasteiger partial charge in [0.15, 0.2) is 0 Å². The summed E-state index contributed by atoms with van der Waals surface area (Å²) in [4.78, 5) is 0. The highest BCUT2D eigenvalue weighted by Crippen LogP contribution is 2.22. The zero-order valence-corrected chi connectivity index (χ0v) is 13.9. The molecule has 1 rings (SSSR count). The molecular formula is C16H26BrNO2. The van der Waals surface area contributed by atoms with Crippen LogP contribution in [0.4, 0.5) is 0 Å². The monoisotopic (exact) mass is 343 g/mol. The van der Waals surface area contributed by atoms with Crippen LogP contribution in [0.3, 0.4) is 0 Å². The first-order chi connectivity index (χ1) is 9.77. The first kappa shape index (κ1) is 17.5. The maximum absolute atomic E-state index is 8.70. The summed E-state index contributed by atoms with van der Waals surface area (Å²) >= 11 is 3.57. The number of hydrogen-bond donors (Lipinski definition) is 2. The highest BCUT2D eigenvalue weighted by atomic mass is 79.9. The second-order valence-corrected chi connectivity index (χ2v) is 5.77. The molecule has 0 bridgehead atoms. The van der Waals surface area contributed by atoms with Crippen molar-refractivity contribution < 1.29 is 9.84 Å². The molecule has 114 valence electrons. The van der Waals surface area contributed by atoms with Gasteiger partial charge in [0.1, 0.15) is 5.75 Å². The van der Waals surface area contributed by atoms with Gasteiger partial charge in [-0.05, 0) is 56.0 Å². The van der Waals surface area contributed by atoms with Crippen molar-refractivity contribution in [3.63, 3.8) is 0 Å². The van der Waals surface area contributed by atoms with Crippen molar-refractivity contribution in [1.29, 1.82) is 0 Å². The van der Waals surface area contributed by atoms with Crippen molar-refractivity contribution in [3.05, 3.63) is 28.2 Å². The Labute approximate surface area is 130 Å². The Hall–Kier alpha value is -0.580. The van der Waals surface area contributed by atoms with Crippen LogP contribution in [0.25, 0.3) is 0 Å². The van der Waals surface area contributed by atoms with Crippen molar-refractivity contribution >= 4 is 15.9 Å². The molecule has 0 fully saturated rings. The van der Waals surface area contributed by atoms with Crippen molar-refractivity contribution in [2.45, 2.75) is 45.6 Å². The maximum atomic E-state index is 8.70. The summed E-state index contributed by atoms with van der Waals surface area (Å²) in [6, 6.07) is 6.14. The second-order valence-electron chi connectivity index (χ2n) is 4.92. The molecule has 0 saturated heterocycles. The predicted octanol–water partition coefficient (Wildman–Crippen LogP) is 3.88. The summed E-state index contributed by atoms with van der Waals surface area (Å²) in [7, 11) is 0. The molecule has 2 N–H and O–H groups in total. The molecule has 0 spiro atoms. The number of aliphatic hydroxyl groups excluding tert-OH is 1. The first-order valence-corrected chi connectivity index (χ1v) is 8.30. The molecular weight excluding hydrogens is 318 g/mol. The van der Waals surface area contributed by atoms with Crippen LogP contribution in [0.15, 0.2) is 22.7 Å². The molecule has 4 heteroatoms. The van der Waals surface area contributed by atoms with Gasteiger partial charge in [-0.2, -0.15) is 0 Å². The smallest absolute Gasteiger partial charge is 0.119 e. The van der Waals surface area contributed by atoms with E-state index in [1.807, 2.05) is 12.1 Å². The normalized spacial score (nSPS) is 10.8. The predicted molar refractivity (Wildman–Crippen MR) is 87.2 cm³/mol. The maximum Gasteiger partial charge on any atom is 0.119 e. The van der Waals surface area contributed by atoms with E-state index in [0.717, 1.165) is 62.0 Å². The number of halogens is 1. The molecule has 0 saturated carbocycles. The van der Waals surface area contributed by atoms with E-state index < -0.39 is 0 Å². The topological polar surface area (TPSA) is 41.5 Å². The van der Waals surface area contributed by atoms with Crippen LogP contribution in [-0.4, -0.2) is 24.9 Å². The van der Waals surface area contributed by atoms with E-state index in [1.165, 1.54) is 5.56 Å². The molecule has 0 atom stereocenters. The van der Waals surface area contributed by atoms with E-state index in [2.05, 4.69) is 34.2 Å². The van der Waals surface area contributed by atoms with E-state index in [0.29, 0.717) is 6.61 Å². The molecule has 0 heterocycles. The van der Waals surface area contributed by atoms with Crippen LogP contribution in [-0.2, 0) is 6.54 Å². The molecule has 1 aromatic carbocycles. The Morgan fingerprint density at radius 1 is 1.20 bits per heavy atom. The minimum Gasteiger partial charge on any atom is -0.494 e. The van der Waals surface area contributed by atoms with Gasteiger partial charge in [-0.1, -0.05) is 29.3 Å². The van der Waals surface area contributed by atoms with Gasteiger partial charge in [-0.3, -0.25) is 0 Å². The van der Waals surface area contributed by atoms with Crippen LogP contribution in [0.5, 0.6) is 5.75 Å². The molecule has 0 aliphatic carbocycles. The van der Waals surface area contributed by atoms with Gasteiger partial charge < -0.3 is 15.2 Å². The lowest BCUT2D eigenvalue weighted by atomic mass is 10.2. The Morgan fingerprint density at radius 3 is 2.75 bits per heavy atom. The molecule has 0 aliphatic rings.